The Morgan fingerprint density at radius 1 is 1.14 bits per heavy atom. The van der Waals surface area contributed by atoms with E-state index < -0.39 is 0 Å². The molecule has 2 N–H and O–H groups in total. The number of aromatic amines is 1. The van der Waals surface area contributed by atoms with Crippen molar-refractivity contribution in [2.45, 2.75) is 31.1 Å². The second kappa shape index (κ2) is 7.95. The van der Waals surface area contributed by atoms with Gasteiger partial charge in [-0.2, -0.15) is 0 Å². The molecule has 0 bridgehead atoms. The zero-order valence-electron chi connectivity index (χ0n) is 16.9. The van der Waals surface area contributed by atoms with E-state index in [4.69, 9.17) is 0 Å². The number of hydrogen-bond donors (Lipinski definition) is 2. The van der Waals surface area contributed by atoms with Gasteiger partial charge in [-0.05, 0) is 60.7 Å². The molecule has 150 valence electrons. The molecule has 2 amide bonds. The molecule has 6 heteroatoms. The van der Waals surface area contributed by atoms with E-state index in [2.05, 4.69) is 23.3 Å². The van der Waals surface area contributed by atoms with Crippen LogP contribution < -0.4 is 5.32 Å². The number of nitrogens with one attached hydrogen (secondary N) is 2. The molecular weight excluding hydrogens is 382 g/mol. The van der Waals surface area contributed by atoms with Crippen LogP contribution in [0.4, 0.5) is 10.5 Å². The highest BCUT2D eigenvalue weighted by atomic mass is 32.2. The Labute approximate surface area is 174 Å². The topological polar surface area (TPSA) is 65.2 Å². The molecule has 1 aromatic heterocycles. The number of para-hydroxylation sites is 2. The van der Waals surface area contributed by atoms with Gasteiger partial charge in [-0.1, -0.05) is 31.2 Å². The van der Waals surface area contributed by atoms with Gasteiger partial charge < -0.3 is 15.2 Å². The molecule has 0 aliphatic heterocycles. The molecule has 0 saturated heterocycles. The van der Waals surface area contributed by atoms with E-state index in [1.807, 2.05) is 36.4 Å². The first-order chi connectivity index (χ1) is 13.9. The summed E-state index contributed by atoms with van der Waals surface area (Å²) in [4.78, 5) is 31.0. The minimum Gasteiger partial charge on any atom is -0.358 e. The molecule has 1 heterocycles. The molecule has 1 aliphatic carbocycles. The summed E-state index contributed by atoms with van der Waals surface area (Å²) in [7, 11) is 3.43. The smallest absolute Gasteiger partial charge is 0.286 e. The van der Waals surface area contributed by atoms with E-state index in [9.17, 15) is 9.59 Å². The predicted molar refractivity (Wildman–Crippen MR) is 119 cm³/mol. The molecule has 0 spiro atoms. The number of benzene rings is 2. The van der Waals surface area contributed by atoms with Crippen LogP contribution in [0.5, 0.6) is 0 Å². The zero-order chi connectivity index (χ0) is 20.5. The van der Waals surface area contributed by atoms with Crippen molar-refractivity contribution < 1.29 is 9.59 Å². The van der Waals surface area contributed by atoms with E-state index in [0.717, 1.165) is 40.4 Å². The highest BCUT2D eigenvalue weighted by molar-refractivity contribution is 8.13. The van der Waals surface area contributed by atoms with Crippen molar-refractivity contribution in [3.05, 3.63) is 59.3 Å². The predicted octanol–water partition coefficient (Wildman–Crippen LogP) is 5.32. The number of anilines is 1. The molecular formula is C23H25N3O2S. The number of carbonyl (C=O) groups excluding carboxylic acids is 2. The zero-order valence-corrected chi connectivity index (χ0v) is 17.7. The van der Waals surface area contributed by atoms with Gasteiger partial charge in [-0.25, -0.2) is 0 Å². The first-order valence-electron chi connectivity index (χ1n) is 9.86. The van der Waals surface area contributed by atoms with E-state index in [1.54, 1.807) is 14.1 Å². The van der Waals surface area contributed by atoms with Crippen LogP contribution in [0.1, 0.15) is 35.0 Å². The van der Waals surface area contributed by atoms with Crippen LogP contribution in [-0.2, 0) is 12.8 Å². The molecule has 1 aliphatic rings. The van der Waals surface area contributed by atoms with Gasteiger partial charge in [0.1, 0.15) is 0 Å². The van der Waals surface area contributed by atoms with Crippen LogP contribution in [0.3, 0.4) is 0 Å². The van der Waals surface area contributed by atoms with Crippen molar-refractivity contribution in [2.75, 3.05) is 19.4 Å². The van der Waals surface area contributed by atoms with Crippen molar-refractivity contribution in [1.82, 2.24) is 9.88 Å². The van der Waals surface area contributed by atoms with E-state index in [0.29, 0.717) is 17.2 Å². The fraction of sp³-hybridized carbons (Fsp3) is 0.304. The Hall–Kier alpha value is -2.73. The van der Waals surface area contributed by atoms with Gasteiger partial charge in [0.15, 0.2) is 0 Å². The van der Waals surface area contributed by atoms with Gasteiger partial charge >= 0.3 is 0 Å². The second-order valence-corrected chi connectivity index (χ2v) is 8.86. The summed E-state index contributed by atoms with van der Waals surface area (Å²) in [5, 5.41) is 4.06. The van der Waals surface area contributed by atoms with Crippen molar-refractivity contribution in [2.24, 2.45) is 5.92 Å². The molecule has 0 fully saturated rings. The first-order valence-corrected chi connectivity index (χ1v) is 10.7. The standard InChI is InChI=1S/C23H25N3O2S/c1-14-11-12-18-17(13-14)15-7-6-8-16(21(15)24-18)22(27)25-19-9-4-5-10-20(19)29-23(28)26(2)3/h4-10,14,24H,11-13H2,1-3H3,(H,25,27). The van der Waals surface area contributed by atoms with Crippen LogP contribution in [0.15, 0.2) is 47.4 Å². The maximum Gasteiger partial charge on any atom is 0.286 e. The summed E-state index contributed by atoms with van der Waals surface area (Å²) in [6, 6.07) is 13.3. The molecule has 0 saturated carbocycles. The molecule has 2 aromatic carbocycles. The van der Waals surface area contributed by atoms with Gasteiger partial charge in [0.2, 0.25) is 0 Å². The second-order valence-electron chi connectivity index (χ2n) is 7.87. The number of nitrogens with zero attached hydrogens (tertiary/aromatic N) is 1. The lowest BCUT2D eigenvalue weighted by molar-refractivity contribution is 0.102. The van der Waals surface area contributed by atoms with Crippen molar-refractivity contribution in [3.8, 4) is 0 Å². The highest BCUT2D eigenvalue weighted by Crippen LogP contribution is 2.34. The molecule has 4 rings (SSSR count). The Bertz CT molecular complexity index is 1090. The average Bonchev–Trinajstić information content (AvgIpc) is 3.07. The third-order valence-corrected chi connectivity index (χ3v) is 6.53. The van der Waals surface area contributed by atoms with Crippen molar-refractivity contribution in [1.29, 1.82) is 0 Å². The fourth-order valence-electron chi connectivity index (χ4n) is 3.84. The van der Waals surface area contributed by atoms with Gasteiger partial charge in [0.05, 0.1) is 16.8 Å². The lowest BCUT2D eigenvalue weighted by atomic mass is 9.87. The number of carbonyl (C=O) groups is 2. The molecule has 1 atom stereocenters. The average molecular weight is 408 g/mol. The third kappa shape index (κ3) is 3.90. The summed E-state index contributed by atoms with van der Waals surface area (Å²) >= 11 is 1.11. The maximum atomic E-state index is 13.1. The minimum atomic E-state index is -0.174. The van der Waals surface area contributed by atoms with Crippen molar-refractivity contribution in [3.63, 3.8) is 0 Å². The molecule has 0 radical (unpaired) electrons. The number of H-pyrrole nitrogens is 1. The molecule has 29 heavy (non-hydrogen) atoms. The normalized spacial score (nSPS) is 15.8. The van der Waals surface area contributed by atoms with Crippen LogP contribution >= 0.6 is 11.8 Å². The Morgan fingerprint density at radius 2 is 1.93 bits per heavy atom. The summed E-state index contributed by atoms with van der Waals surface area (Å²) in [5.74, 6) is 0.490. The van der Waals surface area contributed by atoms with Gasteiger partial charge in [-0.3, -0.25) is 9.59 Å². The van der Waals surface area contributed by atoms with E-state index >= 15 is 0 Å². The monoisotopic (exact) mass is 407 g/mol. The van der Waals surface area contributed by atoms with Crippen molar-refractivity contribution >= 4 is 39.5 Å². The summed E-state index contributed by atoms with van der Waals surface area (Å²) in [5.41, 5.74) is 4.77. The highest BCUT2D eigenvalue weighted by Gasteiger charge is 2.22. The number of amides is 2. The van der Waals surface area contributed by atoms with Gasteiger partial charge in [0.25, 0.3) is 11.1 Å². The number of aromatic nitrogens is 1. The quantitative estimate of drug-likeness (QED) is 0.578. The third-order valence-electron chi connectivity index (χ3n) is 5.41. The van der Waals surface area contributed by atoms with Crippen LogP contribution in [-0.4, -0.2) is 35.1 Å². The SMILES string of the molecule is CC1CCc2[nH]c3c(C(=O)Nc4ccccc4SC(=O)N(C)C)cccc3c2C1. The maximum absolute atomic E-state index is 13.1. The Morgan fingerprint density at radius 3 is 2.72 bits per heavy atom. The number of thioether (sulfide) groups is 1. The largest absolute Gasteiger partial charge is 0.358 e. The van der Waals surface area contributed by atoms with Crippen LogP contribution in [0.2, 0.25) is 0 Å². The Balaban J connectivity index is 1.65. The number of aryl methyl sites for hydroxylation is 1. The molecule has 5 nitrogen and oxygen atoms in total. The fourth-order valence-corrected chi connectivity index (χ4v) is 4.58. The van der Waals surface area contributed by atoms with Gasteiger partial charge in [-0.15, -0.1) is 0 Å². The van der Waals surface area contributed by atoms with E-state index in [-0.39, 0.29) is 11.1 Å². The summed E-state index contributed by atoms with van der Waals surface area (Å²) in [6.45, 7) is 2.28. The summed E-state index contributed by atoms with van der Waals surface area (Å²) < 4.78 is 0. The number of rotatable bonds is 3. The van der Waals surface area contributed by atoms with Crippen LogP contribution in [0, 0.1) is 5.92 Å². The first kappa shape index (κ1) is 19.6. The number of hydrogen-bond acceptors (Lipinski definition) is 3. The van der Waals surface area contributed by atoms with Crippen LogP contribution in [0.25, 0.3) is 10.9 Å². The molecule has 1 unspecified atom stereocenters. The lowest BCUT2D eigenvalue weighted by Crippen LogP contribution is -2.17. The lowest BCUT2D eigenvalue weighted by Gasteiger charge is -2.17. The van der Waals surface area contributed by atoms with Gasteiger partial charge in [0, 0.05) is 30.1 Å². The molecule has 3 aromatic rings. The Kier molecular flexibility index (Phi) is 5.37. The minimum absolute atomic E-state index is 0.0834. The number of fused-ring (bicyclic) bond motifs is 3. The van der Waals surface area contributed by atoms with E-state index in [1.165, 1.54) is 22.6 Å². The summed E-state index contributed by atoms with van der Waals surface area (Å²) in [6.07, 6.45) is 3.25.